The fraction of sp³-hybridized carbons (Fsp3) is 0.556. The van der Waals surface area contributed by atoms with Crippen molar-refractivity contribution >= 4 is 11.8 Å². The van der Waals surface area contributed by atoms with Crippen LogP contribution in [0, 0.1) is 5.92 Å². The molecular formula is C27H41N3O4. The molecular weight excluding hydrogens is 430 g/mol. The highest BCUT2D eigenvalue weighted by atomic mass is 16.5. The first-order valence-electron chi connectivity index (χ1n) is 11.9. The van der Waals surface area contributed by atoms with E-state index >= 15 is 0 Å². The van der Waals surface area contributed by atoms with E-state index in [-0.39, 0.29) is 24.3 Å². The highest BCUT2D eigenvalue weighted by molar-refractivity contribution is 5.86. The summed E-state index contributed by atoms with van der Waals surface area (Å²) >= 11 is 0. The zero-order chi connectivity index (χ0) is 25.3. The maximum absolute atomic E-state index is 13.5. The number of rotatable bonds is 12. The molecule has 0 saturated carbocycles. The van der Waals surface area contributed by atoms with Gasteiger partial charge in [-0.15, -0.1) is 0 Å². The van der Waals surface area contributed by atoms with E-state index in [0.29, 0.717) is 32.7 Å². The van der Waals surface area contributed by atoms with Crippen LogP contribution in [-0.4, -0.2) is 65.6 Å². The number of benzene rings is 1. The molecule has 34 heavy (non-hydrogen) atoms. The lowest BCUT2D eigenvalue weighted by atomic mass is 10.0. The zero-order valence-electron chi connectivity index (χ0n) is 21.8. The molecule has 0 bridgehead atoms. The largest absolute Gasteiger partial charge is 0.497 e. The molecule has 0 atom stereocenters. The second-order valence-corrected chi connectivity index (χ2v) is 9.89. The fourth-order valence-electron chi connectivity index (χ4n) is 3.86. The van der Waals surface area contributed by atoms with Gasteiger partial charge in [-0.1, -0.05) is 26.0 Å². The minimum absolute atomic E-state index is 0.0142. The third-order valence-electron chi connectivity index (χ3n) is 5.75. The van der Waals surface area contributed by atoms with E-state index in [9.17, 15) is 9.59 Å². The van der Waals surface area contributed by atoms with Crippen molar-refractivity contribution in [3.8, 4) is 5.75 Å². The minimum Gasteiger partial charge on any atom is -0.497 e. The van der Waals surface area contributed by atoms with E-state index in [2.05, 4.69) is 10.6 Å². The van der Waals surface area contributed by atoms with Gasteiger partial charge in [0.05, 0.1) is 20.2 Å². The quantitative estimate of drug-likeness (QED) is 0.436. The molecule has 0 unspecified atom stereocenters. The third kappa shape index (κ3) is 7.90. The Morgan fingerprint density at radius 3 is 2.44 bits per heavy atom. The van der Waals surface area contributed by atoms with Crippen molar-refractivity contribution in [2.75, 3.05) is 33.9 Å². The van der Waals surface area contributed by atoms with Crippen LogP contribution < -0.4 is 4.74 Å². The Morgan fingerprint density at radius 1 is 1.09 bits per heavy atom. The summed E-state index contributed by atoms with van der Waals surface area (Å²) in [7, 11) is 3.30. The summed E-state index contributed by atoms with van der Waals surface area (Å²) in [5, 5.41) is 0. The molecule has 2 rings (SSSR count). The monoisotopic (exact) mass is 471 g/mol. The highest BCUT2D eigenvalue weighted by Gasteiger charge is 2.30. The van der Waals surface area contributed by atoms with Crippen LogP contribution in [0.3, 0.4) is 0 Å². The van der Waals surface area contributed by atoms with Crippen molar-refractivity contribution in [2.24, 2.45) is 5.92 Å². The van der Waals surface area contributed by atoms with E-state index in [0.717, 1.165) is 17.0 Å². The fourth-order valence-corrected chi connectivity index (χ4v) is 3.86. The van der Waals surface area contributed by atoms with Gasteiger partial charge in [-0.2, -0.15) is 0 Å². The normalized spacial score (nSPS) is 11.5. The summed E-state index contributed by atoms with van der Waals surface area (Å²) < 4.78 is 12.6. The number of hydrogen-bond donors (Lipinski definition) is 0. The number of aromatic nitrogens is 1. The second-order valence-electron chi connectivity index (χ2n) is 9.89. The predicted octanol–water partition coefficient (Wildman–Crippen LogP) is 4.19. The van der Waals surface area contributed by atoms with Gasteiger partial charge in [0.2, 0.25) is 11.8 Å². The number of hydrogen-bond acceptors (Lipinski definition) is 4. The van der Waals surface area contributed by atoms with Gasteiger partial charge in [-0.3, -0.25) is 9.59 Å². The van der Waals surface area contributed by atoms with E-state index in [1.807, 2.05) is 76.0 Å². The first kappa shape index (κ1) is 27.4. The number of nitrogens with zero attached hydrogens (tertiary/aromatic N) is 3. The lowest BCUT2D eigenvalue weighted by Crippen LogP contribution is -2.51. The zero-order valence-corrected chi connectivity index (χ0v) is 21.8. The van der Waals surface area contributed by atoms with Crippen LogP contribution >= 0.6 is 0 Å². The SMILES string of the molecule is COCCCN(CC(=O)N(Cc1cccn1Cc1cccc(OC)c1)C(C)(C)C)C(=O)C(C)C. The number of carbonyl (C=O) groups is 2. The molecule has 0 N–H and O–H groups in total. The molecule has 2 aromatic rings. The number of methoxy groups -OCH3 is 2. The summed E-state index contributed by atoms with van der Waals surface area (Å²) in [6, 6.07) is 12.0. The van der Waals surface area contributed by atoms with Crippen LogP contribution in [0.4, 0.5) is 0 Å². The van der Waals surface area contributed by atoms with Crippen LogP contribution in [0.25, 0.3) is 0 Å². The van der Waals surface area contributed by atoms with Crippen molar-refractivity contribution in [3.63, 3.8) is 0 Å². The molecule has 0 aliphatic carbocycles. The molecule has 2 amide bonds. The molecule has 0 saturated heterocycles. The van der Waals surface area contributed by atoms with Gasteiger partial charge in [0.1, 0.15) is 5.75 Å². The molecule has 7 heteroatoms. The first-order valence-corrected chi connectivity index (χ1v) is 11.9. The maximum Gasteiger partial charge on any atom is 0.242 e. The summed E-state index contributed by atoms with van der Waals surface area (Å²) in [6.45, 7) is 12.1. The van der Waals surface area contributed by atoms with E-state index < -0.39 is 5.54 Å². The summed E-state index contributed by atoms with van der Waals surface area (Å²) in [5.74, 6) is 0.576. The number of amides is 2. The average molecular weight is 472 g/mol. The standard InChI is InChI=1S/C27H41N3O4/c1-21(2)26(32)29(15-10-16-33-6)20-25(31)30(27(3,4)5)19-23-12-9-14-28(23)18-22-11-8-13-24(17-22)34-7/h8-9,11-14,17,21H,10,15-16,18-20H2,1-7H3. The van der Waals surface area contributed by atoms with Crippen LogP contribution in [0.15, 0.2) is 42.6 Å². The van der Waals surface area contributed by atoms with Crippen LogP contribution in [0.5, 0.6) is 5.75 Å². The van der Waals surface area contributed by atoms with Crippen LogP contribution in [0.1, 0.15) is 52.3 Å². The van der Waals surface area contributed by atoms with Crippen molar-refractivity contribution in [1.82, 2.24) is 14.4 Å². The lowest BCUT2D eigenvalue weighted by Gasteiger charge is -2.37. The topological polar surface area (TPSA) is 64.0 Å². The number of ether oxygens (including phenoxy) is 2. The predicted molar refractivity (Wildman–Crippen MR) is 135 cm³/mol. The van der Waals surface area contributed by atoms with Gasteiger partial charge in [0.25, 0.3) is 0 Å². The summed E-state index contributed by atoms with van der Waals surface area (Å²) in [5.41, 5.74) is 1.76. The highest BCUT2D eigenvalue weighted by Crippen LogP contribution is 2.21. The Morgan fingerprint density at radius 2 is 1.82 bits per heavy atom. The lowest BCUT2D eigenvalue weighted by molar-refractivity contribution is -0.145. The van der Waals surface area contributed by atoms with E-state index in [1.165, 1.54) is 0 Å². The Hall–Kier alpha value is -2.80. The number of carbonyl (C=O) groups excluding carboxylic acids is 2. The van der Waals surface area contributed by atoms with Gasteiger partial charge in [-0.25, -0.2) is 0 Å². The molecule has 0 radical (unpaired) electrons. The van der Waals surface area contributed by atoms with Crippen molar-refractivity contribution < 1.29 is 19.1 Å². The maximum atomic E-state index is 13.5. The van der Waals surface area contributed by atoms with Gasteiger partial charge in [-0.05, 0) is 57.0 Å². The van der Waals surface area contributed by atoms with E-state index in [1.54, 1.807) is 19.1 Å². The third-order valence-corrected chi connectivity index (χ3v) is 5.75. The van der Waals surface area contributed by atoms with Crippen molar-refractivity contribution in [2.45, 2.75) is 59.7 Å². The van der Waals surface area contributed by atoms with Crippen molar-refractivity contribution in [3.05, 3.63) is 53.9 Å². The minimum atomic E-state index is -0.402. The Kier molecular flexibility index (Phi) is 10.2. The molecule has 0 aliphatic heterocycles. The molecule has 1 aromatic heterocycles. The Bertz CT molecular complexity index is 930. The summed E-state index contributed by atoms with van der Waals surface area (Å²) in [6.07, 6.45) is 2.72. The summed E-state index contributed by atoms with van der Waals surface area (Å²) in [4.78, 5) is 29.8. The molecule has 0 fully saturated rings. The average Bonchev–Trinajstić information content (AvgIpc) is 3.22. The second kappa shape index (κ2) is 12.6. The smallest absolute Gasteiger partial charge is 0.242 e. The van der Waals surface area contributed by atoms with Gasteiger partial charge >= 0.3 is 0 Å². The molecule has 1 heterocycles. The Labute approximate surface area is 204 Å². The molecule has 7 nitrogen and oxygen atoms in total. The first-order chi connectivity index (χ1) is 16.1. The van der Waals surface area contributed by atoms with Gasteiger partial charge in [0.15, 0.2) is 0 Å². The van der Waals surface area contributed by atoms with E-state index in [4.69, 9.17) is 9.47 Å². The molecule has 0 spiro atoms. The van der Waals surface area contributed by atoms with Gasteiger partial charge in [0, 0.05) is 50.2 Å². The Balaban J connectivity index is 2.20. The molecule has 188 valence electrons. The molecule has 1 aromatic carbocycles. The van der Waals surface area contributed by atoms with Gasteiger partial charge < -0.3 is 23.8 Å². The van der Waals surface area contributed by atoms with Crippen LogP contribution in [-0.2, 0) is 27.4 Å². The van der Waals surface area contributed by atoms with Crippen LogP contribution in [0.2, 0.25) is 0 Å². The molecule has 0 aliphatic rings. The van der Waals surface area contributed by atoms with Crippen molar-refractivity contribution in [1.29, 1.82) is 0 Å².